The minimum absolute atomic E-state index is 0.812. The van der Waals surface area contributed by atoms with Crippen molar-refractivity contribution in [2.24, 2.45) is 0 Å². The Balaban J connectivity index is 2.30. The highest BCUT2D eigenvalue weighted by Crippen LogP contribution is 2.11. The molecule has 2 rings (SSSR count). The van der Waals surface area contributed by atoms with Gasteiger partial charge in [-0.1, -0.05) is 13.8 Å². The maximum absolute atomic E-state index is 4.28. The van der Waals surface area contributed by atoms with Crippen molar-refractivity contribution in [2.45, 2.75) is 20.4 Å². The van der Waals surface area contributed by atoms with Gasteiger partial charge in [0.1, 0.15) is 11.8 Å². The van der Waals surface area contributed by atoms with Gasteiger partial charge in [-0.15, -0.1) is 0 Å². The third-order valence-corrected chi connectivity index (χ3v) is 2.56. The number of imidazole rings is 1. The second-order valence-corrected chi connectivity index (χ2v) is 3.38. The van der Waals surface area contributed by atoms with Gasteiger partial charge in [-0.05, 0) is 13.1 Å². The molecule has 0 aromatic carbocycles. The molecule has 15 heavy (non-hydrogen) atoms. The summed E-state index contributed by atoms with van der Waals surface area (Å²) < 4.78 is 0. The number of nitrogens with one attached hydrogen (secondary N) is 1. The number of aromatic amines is 1. The van der Waals surface area contributed by atoms with Crippen molar-refractivity contribution in [3.8, 4) is 0 Å². The molecule has 0 aliphatic heterocycles. The van der Waals surface area contributed by atoms with Crippen molar-refractivity contribution in [1.29, 1.82) is 0 Å². The second-order valence-electron chi connectivity index (χ2n) is 3.38. The van der Waals surface area contributed by atoms with Gasteiger partial charge in [-0.25, -0.2) is 15.0 Å². The zero-order valence-corrected chi connectivity index (χ0v) is 9.06. The van der Waals surface area contributed by atoms with Gasteiger partial charge in [-0.3, -0.25) is 4.90 Å². The largest absolute Gasteiger partial charge is 0.329 e. The number of hydrogen-bond donors (Lipinski definition) is 1. The van der Waals surface area contributed by atoms with Crippen LogP contribution in [-0.4, -0.2) is 37.9 Å². The summed E-state index contributed by atoms with van der Waals surface area (Å²) in [5.41, 5.74) is 2.68. The summed E-state index contributed by atoms with van der Waals surface area (Å²) >= 11 is 0. The molecular formula is C10H15N5. The normalized spacial score (nSPS) is 11.4. The van der Waals surface area contributed by atoms with Crippen LogP contribution in [0, 0.1) is 0 Å². The highest BCUT2D eigenvalue weighted by Gasteiger charge is 2.08. The molecule has 0 fully saturated rings. The number of H-pyrrole nitrogens is 1. The van der Waals surface area contributed by atoms with Crippen LogP contribution in [0.1, 0.15) is 19.5 Å². The van der Waals surface area contributed by atoms with Gasteiger partial charge in [0.2, 0.25) is 0 Å². The van der Waals surface area contributed by atoms with E-state index in [1.165, 1.54) is 0 Å². The maximum atomic E-state index is 4.28. The molecule has 0 atom stereocenters. The lowest BCUT2D eigenvalue weighted by molar-refractivity contribution is 0.293. The highest BCUT2D eigenvalue weighted by atomic mass is 15.1. The van der Waals surface area contributed by atoms with E-state index in [0.717, 1.165) is 36.5 Å². The smallest absolute Gasteiger partial charge is 0.160 e. The molecule has 0 bridgehead atoms. The summed E-state index contributed by atoms with van der Waals surface area (Å²) in [4.78, 5) is 17.9. The Morgan fingerprint density at radius 2 is 2.00 bits per heavy atom. The maximum Gasteiger partial charge on any atom is 0.160 e. The van der Waals surface area contributed by atoms with Crippen LogP contribution in [0.2, 0.25) is 0 Å². The van der Waals surface area contributed by atoms with Crippen LogP contribution in [0.4, 0.5) is 0 Å². The summed E-state index contributed by atoms with van der Waals surface area (Å²) in [5, 5.41) is 0. The van der Waals surface area contributed by atoms with Gasteiger partial charge in [-0.2, -0.15) is 0 Å². The third-order valence-electron chi connectivity index (χ3n) is 2.56. The number of hydrogen-bond acceptors (Lipinski definition) is 4. The van der Waals surface area contributed by atoms with Gasteiger partial charge in [0.05, 0.1) is 12.0 Å². The SMILES string of the molecule is CCN(CC)Cc1ncnc2[nH]cnc12. The van der Waals surface area contributed by atoms with Crippen molar-refractivity contribution in [3.63, 3.8) is 0 Å². The minimum Gasteiger partial charge on any atom is -0.329 e. The molecule has 1 N–H and O–H groups in total. The van der Waals surface area contributed by atoms with Crippen LogP contribution >= 0.6 is 0 Å². The molecule has 0 radical (unpaired) electrons. The molecule has 0 amide bonds. The average Bonchev–Trinajstić information content (AvgIpc) is 2.74. The topological polar surface area (TPSA) is 57.7 Å². The Bertz CT molecular complexity index is 432. The number of fused-ring (bicyclic) bond motifs is 1. The Hall–Kier alpha value is -1.49. The van der Waals surface area contributed by atoms with E-state index in [1.54, 1.807) is 12.7 Å². The number of nitrogens with zero attached hydrogens (tertiary/aromatic N) is 4. The zero-order valence-electron chi connectivity index (χ0n) is 9.06. The molecule has 0 saturated carbocycles. The lowest BCUT2D eigenvalue weighted by atomic mass is 10.3. The Morgan fingerprint density at radius 1 is 1.20 bits per heavy atom. The molecule has 0 spiro atoms. The quantitative estimate of drug-likeness (QED) is 0.814. The molecule has 0 saturated heterocycles. The van der Waals surface area contributed by atoms with Gasteiger partial charge in [0.25, 0.3) is 0 Å². The van der Waals surface area contributed by atoms with Crippen molar-refractivity contribution >= 4 is 11.2 Å². The molecule has 2 heterocycles. The van der Waals surface area contributed by atoms with E-state index in [1.807, 2.05) is 0 Å². The fourth-order valence-electron chi connectivity index (χ4n) is 1.59. The van der Waals surface area contributed by atoms with Gasteiger partial charge < -0.3 is 4.98 Å². The van der Waals surface area contributed by atoms with Crippen molar-refractivity contribution in [3.05, 3.63) is 18.3 Å². The summed E-state index contributed by atoms with van der Waals surface area (Å²) in [6.07, 6.45) is 3.24. The van der Waals surface area contributed by atoms with Crippen LogP contribution in [0.25, 0.3) is 11.2 Å². The average molecular weight is 205 g/mol. The van der Waals surface area contributed by atoms with Crippen LogP contribution in [-0.2, 0) is 6.54 Å². The summed E-state index contributed by atoms with van der Waals surface area (Å²) in [6, 6.07) is 0. The van der Waals surface area contributed by atoms with E-state index < -0.39 is 0 Å². The van der Waals surface area contributed by atoms with Crippen LogP contribution in [0.5, 0.6) is 0 Å². The first-order valence-corrected chi connectivity index (χ1v) is 5.20. The Kier molecular flexibility index (Phi) is 2.91. The van der Waals surface area contributed by atoms with Crippen LogP contribution in [0.3, 0.4) is 0 Å². The lowest BCUT2D eigenvalue weighted by Crippen LogP contribution is -2.22. The minimum atomic E-state index is 0.812. The number of rotatable bonds is 4. The van der Waals surface area contributed by atoms with Gasteiger partial charge >= 0.3 is 0 Å². The summed E-state index contributed by atoms with van der Waals surface area (Å²) in [6.45, 7) is 7.16. The fourth-order valence-corrected chi connectivity index (χ4v) is 1.59. The monoisotopic (exact) mass is 205 g/mol. The van der Waals surface area contributed by atoms with E-state index in [0.29, 0.717) is 0 Å². The molecule has 2 aromatic heterocycles. The first kappa shape index (κ1) is 10.0. The van der Waals surface area contributed by atoms with Crippen molar-refractivity contribution in [2.75, 3.05) is 13.1 Å². The predicted molar refractivity (Wildman–Crippen MR) is 58.3 cm³/mol. The van der Waals surface area contributed by atoms with Crippen molar-refractivity contribution in [1.82, 2.24) is 24.8 Å². The number of aromatic nitrogens is 4. The van der Waals surface area contributed by atoms with Crippen LogP contribution in [0.15, 0.2) is 12.7 Å². The zero-order chi connectivity index (χ0) is 10.7. The van der Waals surface area contributed by atoms with Gasteiger partial charge in [0.15, 0.2) is 5.65 Å². The molecule has 0 unspecified atom stereocenters. The van der Waals surface area contributed by atoms with Crippen LogP contribution < -0.4 is 0 Å². The van der Waals surface area contributed by atoms with E-state index in [4.69, 9.17) is 0 Å². The van der Waals surface area contributed by atoms with E-state index in [9.17, 15) is 0 Å². The third kappa shape index (κ3) is 1.97. The fraction of sp³-hybridized carbons (Fsp3) is 0.500. The summed E-state index contributed by atoms with van der Waals surface area (Å²) in [7, 11) is 0. The Labute approximate surface area is 88.6 Å². The predicted octanol–water partition coefficient (Wildman–Crippen LogP) is 1.19. The van der Waals surface area contributed by atoms with Gasteiger partial charge in [0, 0.05) is 6.54 Å². The molecule has 2 aromatic rings. The molecule has 5 nitrogen and oxygen atoms in total. The van der Waals surface area contributed by atoms with E-state index in [2.05, 4.69) is 38.7 Å². The molecule has 0 aliphatic carbocycles. The molecule has 0 aliphatic rings. The Morgan fingerprint density at radius 3 is 2.73 bits per heavy atom. The summed E-state index contributed by atoms with van der Waals surface area (Å²) in [5.74, 6) is 0. The lowest BCUT2D eigenvalue weighted by Gasteiger charge is -2.16. The molecule has 80 valence electrons. The second kappa shape index (κ2) is 4.35. The highest BCUT2D eigenvalue weighted by molar-refractivity contribution is 5.71. The first-order valence-electron chi connectivity index (χ1n) is 5.20. The van der Waals surface area contributed by atoms with Crippen molar-refractivity contribution < 1.29 is 0 Å². The first-order chi connectivity index (χ1) is 7.35. The molecular weight excluding hydrogens is 190 g/mol. The van der Waals surface area contributed by atoms with E-state index in [-0.39, 0.29) is 0 Å². The standard InChI is InChI=1S/C10H15N5/c1-3-15(4-2)5-8-9-10(13-6-11-8)14-7-12-9/h6-7H,3-5H2,1-2H3,(H,11,12,13,14). The van der Waals surface area contributed by atoms with E-state index >= 15 is 0 Å². The molecule has 5 heteroatoms.